The Morgan fingerprint density at radius 2 is 0.918 bits per heavy atom. The van der Waals surface area contributed by atoms with E-state index in [0.717, 1.165) is 51.4 Å². The summed E-state index contributed by atoms with van der Waals surface area (Å²) in [7, 11) is 0. The van der Waals surface area contributed by atoms with Crippen molar-refractivity contribution in [3.63, 3.8) is 0 Å². The van der Waals surface area contributed by atoms with Crippen molar-refractivity contribution in [1.82, 2.24) is 16.0 Å². The van der Waals surface area contributed by atoms with Gasteiger partial charge in [-0.25, -0.2) is 9.59 Å². The summed E-state index contributed by atoms with van der Waals surface area (Å²) in [5.74, 6) is -4.91. The topological polar surface area (TPSA) is 235 Å². The number of carboxylic acids is 3. The van der Waals surface area contributed by atoms with Gasteiger partial charge in [-0.1, -0.05) is 77.0 Å². The molecule has 15 nitrogen and oxygen atoms in total. The molecule has 282 valence electrons. The molecule has 0 rings (SSSR count). The van der Waals surface area contributed by atoms with Crippen molar-refractivity contribution in [3.8, 4) is 0 Å². The molecule has 6 N–H and O–H groups in total. The van der Waals surface area contributed by atoms with Crippen LogP contribution in [0.5, 0.6) is 0 Å². The fraction of sp³-hybridized carbons (Fsp3) is 0.794. The number of rotatable bonds is 35. The first-order valence-electron chi connectivity index (χ1n) is 17.7. The number of carbonyl (C=O) groups excluding carboxylic acids is 4. The number of aliphatic carboxylic acids is 3. The summed E-state index contributed by atoms with van der Waals surface area (Å²) in [6.07, 6.45) is 14.9. The van der Waals surface area contributed by atoms with Crippen LogP contribution in [0.1, 0.15) is 128 Å². The molecule has 0 aliphatic carbocycles. The molecule has 0 aromatic rings. The van der Waals surface area contributed by atoms with Crippen molar-refractivity contribution in [2.75, 3.05) is 33.0 Å². The van der Waals surface area contributed by atoms with E-state index in [0.29, 0.717) is 12.7 Å². The van der Waals surface area contributed by atoms with E-state index in [1.165, 1.54) is 32.1 Å². The van der Waals surface area contributed by atoms with Gasteiger partial charge in [0.1, 0.15) is 25.0 Å². The van der Waals surface area contributed by atoms with Crippen molar-refractivity contribution in [2.24, 2.45) is 0 Å². The molecule has 0 fully saturated rings. The van der Waals surface area contributed by atoms with Gasteiger partial charge in [0.2, 0.25) is 17.7 Å². The summed E-state index contributed by atoms with van der Waals surface area (Å²) in [6, 6.07) is -2.63. The first-order chi connectivity index (χ1) is 23.6. The minimum absolute atomic E-state index is 0.0232. The molecule has 0 heterocycles. The SMILES string of the molecule is O=CCOCCOCCNC(=O)CC[C@H](NC(=O)CCC(NC(=O)CCCCCCCCCCCCCCCCC(=O)O)C(=O)O)C(=O)O. The second kappa shape index (κ2) is 31.7. The van der Waals surface area contributed by atoms with Gasteiger partial charge in [0.25, 0.3) is 0 Å². The molecule has 3 amide bonds. The zero-order chi connectivity index (χ0) is 36.5. The van der Waals surface area contributed by atoms with Crippen LogP contribution in [-0.2, 0) is 43.0 Å². The fourth-order valence-electron chi connectivity index (χ4n) is 4.98. The fourth-order valence-corrected chi connectivity index (χ4v) is 4.98. The lowest BCUT2D eigenvalue weighted by atomic mass is 10.0. The van der Waals surface area contributed by atoms with Gasteiger partial charge < -0.3 is 45.5 Å². The number of aldehydes is 1. The monoisotopic (exact) mass is 701 g/mol. The third kappa shape index (κ3) is 30.2. The molecule has 0 saturated heterocycles. The van der Waals surface area contributed by atoms with Crippen LogP contribution in [-0.4, -0.2) is 102 Å². The van der Waals surface area contributed by atoms with E-state index < -0.39 is 47.7 Å². The Kier molecular flexibility index (Phi) is 29.3. The standard InChI is InChI=1S/C34H59N3O12/c38-22-24-49-26-25-48-23-21-35-29(39)19-17-27(33(44)45)37-31(41)20-18-28(34(46)47)36-30(40)15-13-11-9-7-5-3-1-2-4-6-8-10-12-14-16-32(42)43/h22,27-28H,1-21,23-26H2,(H,35,39)(H,36,40)(H,37,41)(H,42,43)(H,44,45)(H,46,47)/t27-,28?/m0/s1. The van der Waals surface area contributed by atoms with Crippen LogP contribution >= 0.6 is 0 Å². The van der Waals surface area contributed by atoms with Gasteiger partial charge in [0, 0.05) is 32.2 Å². The predicted octanol–water partition coefficient (Wildman–Crippen LogP) is 3.36. The molecule has 0 aliphatic heterocycles. The van der Waals surface area contributed by atoms with Gasteiger partial charge in [0.05, 0.1) is 19.8 Å². The van der Waals surface area contributed by atoms with Gasteiger partial charge in [-0.3, -0.25) is 19.2 Å². The summed E-state index contributed by atoms with van der Waals surface area (Å²) in [5.41, 5.74) is 0. The number of unbranched alkanes of at least 4 members (excludes halogenated alkanes) is 13. The lowest BCUT2D eigenvalue weighted by Gasteiger charge is -2.17. The van der Waals surface area contributed by atoms with Gasteiger partial charge >= 0.3 is 17.9 Å². The van der Waals surface area contributed by atoms with E-state index in [9.17, 15) is 43.8 Å². The Labute approximate surface area is 289 Å². The van der Waals surface area contributed by atoms with E-state index in [1.54, 1.807) is 0 Å². The average Bonchev–Trinajstić information content (AvgIpc) is 3.05. The highest BCUT2D eigenvalue weighted by atomic mass is 16.5. The molecule has 0 spiro atoms. The Balaban J connectivity index is 4.03. The maximum atomic E-state index is 12.4. The molecule has 1 unspecified atom stereocenters. The van der Waals surface area contributed by atoms with Crippen molar-refractivity contribution in [3.05, 3.63) is 0 Å². The second-order valence-electron chi connectivity index (χ2n) is 12.0. The first-order valence-corrected chi connectivity index (χ1v) is 17.7. The van der Waals surface area contributed by atoms with Gasteiger partial charge in [-0.15, -0.1) is 0 Å². The van der Waals surface area contributed by atoms with Crippen molar-refractivity contribution < 1.29 is 58.4 Å². The molecule has 0 radical (unpaired) electrons. The quantitative estimate of drug-likeness (QED) is 0.0412. The molecule has 0 aliphatic rings. The predicted molar refractivity (Wildman–Crippen MR) is 180 cm³/mol. The molecule has 49 heavy (non-hydrogen) atoms. The number of carbonyl (C=O) groups is 7. The minimum atomic E-state index is -1.35. The van der Waals surface area contributed by atoms with Crippen molar-refractivity contribution in [1.29, 1.82) is 0 Å². The van der Waals surface area contributed by atoms with E-state index in [2.05, 4.69) is 16.0 Å². The highest BCUT2D eigenvalue weighted by Gasteiger charge is 2.24. The number of nitrogens with one attached hydrogen (secondary N) is 3. The van der Waals surface area contributed by atoms with E-state index in [4.69, 9.17) is 14.6 Å². The van der Waals surface area contributed by atoms with Crippen molar-refractivity contribution in [2.45, 2.75) is 141 Å². The third-order valence-electron chi connectivity index (χ3n) is 7.76. The maximum Gasteiger partial charge on any atom is 0.326 e. The molecule has 0 saturated carbocycles. The van der Waals surface area contributed by atoms with Crippen LogP contribution in [0, 0.1) is 0 Å². The molecular weight excluding hydrogens is 642 g/mol. The third-order valence-corrected chi connectivity index (χ3v) is 7.76. The molecule has 0 aromatic heterocycles. The van der Waals surface area contributed by atoms with Crippen LogP contribution < -0.4 is 16.0 Å². The maximum absolute atomic E-state index is 12.4. The van der Waals surface area contributed by atoms with Crippen LogP contribution in [0.4, 0.5) is 0 Å². The van der Waals surface area contributed by atoms with Gasteiger partial charge in [-0.2, -0.15) is 0 Å². The highest BCUT2D eigenvalue weighted by molar-refractivity contribution is 5.86. The lowest BCUT2D eigenvalue weighted by molar-refractivity contribution is -0.143. The summed E-state index contributed by atoms with van der Waals surface area (Å²) in [4.78, 5) is 80.5. The Morgan fingerprint density at radius 3 is 1.37 bits per heavy atom. The normalized spacial score (nSPS) is 12.1. The molecule has 2 atom stereocenters. The molecule has 15 heteroatoms. The van der Waals surface area contributed by atoms with Gasteiger partial charge in [-0.05, 0) is 25.7 Å². The number of hydrogen-bond donors (Lipinski definition) is 6. The van der Waals surface area contributed by atoms with Crippen LogP contribution in [0.2, 0.25) is 0 Å². The Hall–Kier alpha value is -3.59. The lowest BCUT2D eigenvalue weighted by Crippen LogP contribution is -2.44. The number of hydrogen-bond acceptors (Lipinski definition) is 9. The average molecular weight is 702 g/mol. The highest BCUT2D eigenvalue weighted by Crippen LogP contribution is 2.14. The summed E-state index contributed by atoms with van der Waals surface area (Å²) in [6.45, 7) is 0.833. The van der Waals surface area contributed by atoms with E-state index >= 15 is 0 Å². The molecule has 0 bridgehead atoms. The van der Waals surface area contributed by atoms with E-state index in [1.807, 2.05) is 0 Å². The number of carboxylic acid groups (broad SMARTS) is 3. The summed E-state index contributed by atoms with van der Waals surface area (Å²) in [5, 5.41) is 34.9. The van der Waals surface area contributed by atoms with Crippen LogP contribution in [0.25, 0.3) is 0 Å². The van der Waals surface area contributed by atoms with Gasteiger partial charge in [0.15, 0.2) is 0 Å². The number of amides is 3. The molecule has 0 aromatic carbocycles. The molecular formula is C34H59N3O12. The van der Waals surface area contributed by atoms with Crippen molar-refractivity contribution >= 4 is 41.9 Å². The zero-order valence-corrected chi connectivity index (χ0v) is 28.9. The smallest absolute Gasteiger partial charge is 0.326 e. The van der Waals surface area contributed by atoms with E-state index in [-0.39, 0.29) is 71.5 Å². The summed E-state index contributed by atoms with van der Waals surface area (Å²) >= 11 is 0. The Bertz CT molecular complexity index is 963. The van der Waals surface area contributed by atoms with Crippen LogP contribution in [0.15, 0.2) is 0 Å². The largest absolute Gasteiger partial charge is 0.481 e. The number of ether oxygens (including phenoxy) is 2. The minimum Gasteiger partial charge on any atom is -0.481 e. The summed E-state index contributed by atoms with van der Waals surface area (Å²) < 4.78 is 10.1. The zero-order valence-electron chi connectivity index (χ0n) is 28.9. The Morgan fingerprint density at radius 1 is 0.510 bits per heavy atom. The first kappa shape index (κ1) is 45.4. The van der Waals surface area contributed by atoms with Crippen LogP contribution in [0.3, 0.4) is 0 Å². The second-order valence-corrected chi connectivity index (χ2v) is 12.0.